The number of hydrogen-bond donors (Lipinski definition) is 3. The fraction of sp³-hybridized carbons (Fsp3) is 0.929. The minimum absolute atomic E-state index is 0.0257. The molecule has 1 fully saturated rings. The van der Waals surface area contributed by atoms with E-state index in [4.69, 9.17) is 5.11 Å². The fourth-order valence-electron chi connectivity index (χ4n) is 2.52. The molecule has 1 aliphatic heterocycles. The molecular formula is C14H29N3O2. The number of carbonyl (C=O) groups excluding carboxylic acids is 1. The molecule has 0 aliphatic carbocycles. The molecule has 1 aliphatic rings. The second-order valence-corrected chi connectivity index (χ2v) is 5.48. The highest BCUT2D eigenvalue weighted by Crippen LogP contribution is 2.19. The first kappa shape index (κ1) is 16.2. The molecule has 1 saturated heterocycles. The van der Waals surface area contributed by atoms with Crippen LogP contribution in [-0.2, 0) is 0 Å². The molecule has 5 heteroatoms. The molecule has 0 aromatic carbocycles. The van der Waals surface area contributed by atoms with Gasteiger partial charge in [0.25, 0.3) is 0 Å². The second-order valence-electron chi connectivity index (χ2n) is 5.48. The number of urea groups is 1. The number of nitrogens with zero attached hydrogens (tertiary/aromatic N) is 1. The zero-order valence-electron chi connectivity index (χ0n) is 12.3. The summed E-state index contributed by atoms with van der Waals surface area (Å²) in [6, 6.07) is -0.0928. The highest BCUT2D eigenvalue weighted by Gasteiger charge is 2.17. The zero-order valence-corrected chi connectivity index (χ0v) is 12.3. The Kier molecular flexibility index (Phi) is 7.82. The van der Waals surface area contributed by atoms with Gasteiger partial charge in [0.1, 0.15) is 0 Å². The first-order chi connectivity index (χ1) is 9.15. The summed E-state index contributed by atoms with van der Waals surface area (Å²) in [6.07, 6.45) is 4.17. The molecule has 1 rings (SSSR count). The lowest BCUT2D eigenvalue weighted by Crippen LogP contribution is -2.42. The number of carbonyl (C=O) groups is 1. The Bertz CT molecular complexity index is 253. The van der Waals surface area contributed by atoms with Crippen molar-refractivity contribution in [3.63, 3.8) is 0 Å². The van der Waals surface area contributed by atoms with Crippen LogP contribution in [0.1, 0.15) is 39.5 Å². The van der Waals surface area contributed by atoms with E-state index in [1.807, 2.05) is 6.92 Å². The maximum atomic E-state index is 11.6. The number of nitrogens with one attached hydrogen (secondary N) is 2. The summed E-state index contributed by atoms with van der Waals surface area (Å²) in [4.78, 5) is 14.0. The largest absolute Gasteiger partial charge is 0.396 e. The van der Waals surface area contributed by atoms with Crippen LogP contribution in [0.5, 0.6) is 0 Å². The first-order valence-electron chi connectivity index (χ1n) is 7.53. The third-order valence-electron chi connectivity index (χ3n) is 3.93. The van der Waals surface area contributed by atoms with Gasteiger partial charge in [0.15, 0.2) is 0 Å². The maximum absolute atomic E-state index is 11.6. The average Bonchev–Trinajstić information content (AvgIpc) is 2.39. The van der Waals surface area contributed by atoms with Crippen molar-refractivity contribution in [3.05, 3.63) is 0 Å². The third-order valence-corrected chi connectivity index (χ3v) is 3.93. The highest BCUT2D eigenvalue weighted by molar-refractivity contribution is 5.74. The van der Waals surface area contributed by atoms with E-state index < -0.39 is 0 Å². The molecular weight excluding hydrogens is 242 g/mol. The summed E-state index contributed by atoms with van der Waals surface area (Å²) >= 11 is 0. The van der Waals surface area contributed by atoms with Gasteiger partial charge in [0.05, 0.1) is 0 Å². The zero-order chi connectivity index (χ0) is 14.1. The molecule has 0 unspecified atom stereocenters. The smallest absolute Gasteiger partial charge is 0.314 e. The van der Waals surface area contributed by atoms with Crippen LogP contribution in [0.2, 0.25) is 0 Å². The number of likely N-dealkylation sites (tertiary alicyclic amines) is 1. The standard InChI is InChI=1S/C14H29N3O2/c1-3-17-9-5-13(6-10-17)4-8-15-14(19)16-12(2)7-11-18/h12-13,18H,3-11H2,1-2H3,(H2,15,16,19)/t12-/m1/s1. The number of hydrogen-bond acceptors (Lipinski definition) is 3. The van der Waals surface area contributed by atoms with Crippen molar-refractivity contribution in [2.24, 2.45) is 5.92 Å². The van der Waals surface area contributed by atoms with Gasteiger partial charge in [-0.15, -0.1) is 0 Å². The van der Waals surface area contributed by atoms with E-state index in [1.165, 1.54) is 25.9 Å². The summed E-state index contributed by atoms with van der Waals surface area (Å²) in [5, 5.41) is 14.5. The Morgan fingerprint density at radius 2 is 2.11 bits per heavy atom. The number of aliphatic hydroxyl groups is 1. The SMILES string of the molecule is CCN1CCC(CCNC(=O)N[C@H](C)CCO)CC1. The van der Waals surface area contributed by atoms with Crippen LogP contribution in [0.25, 0.3) is 0 Å². The Balaban J connectivity index is 2.05. The van der Waals surface area contributed by atoms with Crippen LogP contribution in [-0.4, -0.2) is 54.9 Å². The van der Waals surface area contributed by atoms with Gasteiger partial charge in [-0.25, -0.2) is 4.79 Å². The highest BCUT2D eigenvalue weighted by atomic mass is 16.3. The van der Waals surface area contributed by atoms with Crippen molar-refractivity contribution in [2.75, 3.05) is 32.8 Å². The van der Waals surface area contributed by atoms with Crippen molar-refractivity contribution in [3.8, 4) is 0 Å². The molecule has 112 valence electrons. The lowest BCUT2D eigenvalue weighted by Gasteiger charge is -2.31. The predicted octanol–water partition coefficient (Wildman–Crippen LogP) is 1.18. The van der Waals surface area contributed by atoms with Crippen LogP contribution in [0.4, 0.5) is 4.79 Å². The minimum Gasteiger partial charge on any atom is -0.396 e. The topological polar surface area (TPSA) is 64.6 Å². The van der Waals surface area contributed by atoms with E-state index in [2.05, 4.69) is 22.5 Å². The lowest BCUT2D eigenvalue weighted by atomic mass is 9.93. The van der Waals surface area contributed by atoms with Crippen molar-refractivity contribution in [1.29, 1.82) is 0 Å². The fourth-order valence-corrected chi connectivity index (χ4v) is 2.52. The number of aliphatic hydroxyl groups excluding tert-OH is 1. The van der Waals surface area contributed by atoms with Crippen molar-refractivity contribution < 1.29 is 9.90 Å². The summed E-state index contributed by atoms with van der Waals surface area (Å²) in [5.41, 5.74) is 0. The van der Waals surface area contributed by atoms with Crippen molar-refractivity contribution in [2.45, 2.75) is 45.6 Å². The summed E-state index contributed by atoms with van der Waals surface area (Å²) < 4.78 is 0. The predicted molar refractivity (Wildman–Crippen MR) is 77.2 cm³/mol. The Morgan fingerprint density at radius 3 is 2.68 bits per heavy atom. The number of amides is 2. The molecule has 0 aromatic heterocycles. The molecule has 1 atom stereocenters. The Morgan fingerprint density at radius 1 is 1.42 bits per heavy atom. The van der Waals surface area contributed by atoms with E-state index in [9.17, 15) is 4.79 Å². The third kappa shape index (κ3) is 6.78. The van der Waals surface area contributed by atoms with E-state index in [0.717, 1.165) is 25.4 Å². The van der Waals surface area contributed by atoms with E-state index in [1.54, 1.807) is 0 Å². The molecule has 19 heavy (non-hydrogen) atoms. The first-order valence-corrected chi connectivity index (χ1v) is 7.53. The molecule has 1 heterocycles. The Hall–Kier alpha value is -0.810. The quantitative estimate of drug-likeness (QED) is 0.651. The van der Waals surface area contributed by atoms with Crippen LogP contribution < -0.4 is 10.6 Å². The van der Waals surface area contributed by atoms with Gasteiger partial charge < -0.3 is 20.6 Å². The molecule has 0 radical (unpaired) electrons. The van der Waals surface area contributed by atoms with Gasteiger partial charge in [-0.3, -0.25) is 0 Å². The minimum atomic E-state index is -0.119. The van der Waals surface area contributed by atoms with E-state index in [0.29, 0.717) is 6.42 Å². The second kappa shape index (κ2) is 9.15. The Labute approximate surface area is 116 Å². The van der Waals surface area contributed by atoms with E-state index in [-0.39, 0.29) is 18.7 Å². The van der Waals surface area contributed by atoms with Crippen LogP contribution in [0, 0.1) is 5.92 Å². The van der Waals surface area contributed by atoms with E-state index >= 15 is 0 Å². The monoisotopic (exact) mass is 271 g/mol. The van der Waals surface area contributed by atoms with Crippen LogP contribution in [0.3, 0.4) is 0 Å². The molecule has 3 N–H and O–H groups in total. The molecule has 0 bridgehead atoms. The van der Waals surface area contributed by atoms with Gasteiger partial charge in [0, 0.05) is 19.2 Å². The van der Waals surface area contributed by atoms with Gasteiger partial charge >= 0.3 is 6.03 Å². The molecule has 0 saturated carbocycles. The molecule has 5 nitrogen and oxygen atoms in total. The molecule has 2 amide bonds. The molecule has 0 aromatic rings. The summed E-state index contributed by atoms with van der Waals surface area (Å²) in [6.45, 7) is 8.50. The normalized spacial score (nSPS) is 19.1. The van der Waals surface area contributed by atoms with Crippen molar-refractivity contribution >= 4 is 6.03 Å². The van der Waals surface area contributed by atoms with Gasteiger partial charge in [0.2, 0.25) is 0 Å². The van der Waals surface area contributed by atoms with Crippen molar-refractivity contribution in [1.82, 2.24) is 15.5 Å². The number of piperidine rings is 1. The average molecular weight is 271 g/mol. The van der Waals surface area contributed by atoms with Gasteiger partial charge in [-0.2, -0.15) is 0 Å². The summed E-state index contributed by atoms with van der Waals surface area (Å²) in [7, 11) is 0. The van der Waals surface area contributed by atoms with Gasteiger partial charge in [-0.1, -0.05) is 6.92 Å². The molecule has 0 spiro atoms. The number of rotatable bonds is 7. The lowest BCUT2D eigenvalue weighted by molar-refractivity contribution is 0.185. The van der Waals surface area contributed by atoms with Crippen LogP contribution >= 0.6 is 0 Å². The summed E-state index contributed by atoms with van der Waals surface area (Å²) in [5.74, 6) is 0.748. The van der Waals surface area contributed by atoms with Crippen LogP contribution in [0.15, 0.2) is 0 Å². The van der Waals surface area contributed by atoms with Gasteiger partial charge in [-0.05, 0) is 58.2 Å². The maximum Gasteiger partial charge on any atom is 0.314 e.